The van der Waals surface area contributed by atoms with Crippen LogP contribution in [0, 0.1) is 0 Å². The van der Waals surface area contributed by atoms with Gasteiger partial charge in [0.15, 0.2) is 0 Å². The van der Waals surface area contributed by atoms with E-state index in [9.17, 15) is 0 Å². The Balaban J connectivity index is 1.89. The van der Waals surface area contributed by atoms with E-state index in [0.29, 0.717) is 0 Å². The molecule has 2 rings (SSSR count). The van der Waals surface area contributed by atoms with Crippen molar-refractivity contribution < 1.29 is 0 Å². The zero-order valence-electron chi connectivity index (χ0n) is 8.55. The molecule has 76 valence electrons. The van der Waals surface area contributed by atoms with Crippen molar-refractivity contribution in [3.63, 3.8) is 0 Å². The highest BCUT2D eigenvalue weighted by Crippen LogP contribution is 2.27. The maximum Gasteiger partial charge on any atom is 0.0330 e. The summed E-state index contributed by atoms with van der Waals surface area (Å²) in [5, 5.41) is 3.72. The smallest absolute Gasteiger partial charge is 0.0330 e. The third kappa shape index (κ3) is 2.22. The summed E-state index contributed by atoms with van der Waals surface area (Å²) >= 11 is 0. The highest BCUT2D eigenvalue weighted by atomic mass is 15.1. The molecule has 0 atom stereocenters. The summed E-state index contributed by atoms with van der Waals surface area (Å²) in [7, 11) is 2.19. The van der Waals surface area contributed by atoms with Crippen molar-refractivity contribution in [3.8, 4) is 0 Å². The first kappa shape index (κ1) is 9.44. The Morgan fingerprint density at radius 1 is 1.38 bits per heavy atom. The highest BCUT2D eigenvalue weighted by Gasteiger charge is 2.36. The largest absolute Gasteiger partial charge is 0.329 e. The van der Waals surface area contributed by atoms with E-state index < -0.39 is 0 Å². The summed E-state index contributed by atoms with van der Waals surface area (Å²) in [5.41, 5.74) is 6.15. The Labute approximate surface area is 80.7 Å². The quantitative estimate of drug-likeness (QED) is 0.655. The first-order valence-corrected chi connectivity index (χ1v) is 5.40. The van der Waals surface area contributed by atoms with Gasteiger partial charge in [-0.15, -0.1) is 0 Å². The lowest BCUT2D eigenvalue weighted by Crippen LogP contribution is -2.57. The van der Waals surface area contributed by atoms with Gasteiger partial charge in [-0.25, -0.2) is 0 Å². The molecule has 0 spiro atoms. The lowest BCUT2D eigenvalue weighted by Gasteiger charge is -2.41. The van der Waals surface area contributed by atoms with Gasteiger partial charge >= 0.3 is 0 Å². The third-order valence-corrected chi connectivity index (χ3v) is 3.42. The van der Waals surface area contributed by atoms with Crippen LogP contribution in [0.3, 0.4) is 0 Å². The van der Waals surface area contributed by atoms with E-state index in [4.69, 9.17) is 5.73 Å². The molecule has 3 N–H and O–H groups in total. The molecule has 0 amide bonds. The van der Waals surface area contributed by atoms with Crippen molar-refractivity contribution >= 4 is 0 Å². The van der Waals surface area contributed by atoms with Crippen LogP contribution < -0.4 is 11.1 Å². The predicted molar refractivity (Wildman–Crippen MR) is 54.7 cm³/mol. The zero-order valence-corrected chi connectivity index (χ0v) is 8.55. The standard InChI is InChI=1S/C10H21N3/c1-13-6-4-10(8-11,5-7-13)12-9-2-3-9/h9,12H,2-8,11H2,1H3. The van der Waals surface area contributed by atoms with Crippen molar-refractivity contribution in [3.05, 3.63) is 0 Å². The Bertz CT molecular complexity index is 169. The predicted octanol–water partition coefficient (Wildman–Crippen LogP) is 0.162. The van der Waals surface area contributed by atoms with Crippen molar-refractivity contribution in [2.45, 2.75) is 37.3 Å². The average Bonchev–Trinajstić information content (AvgIpc) is 2.94. The van der Waals surface area contributed by atoms with E-state index in [1.54, 1.807) is 0 Å². The minimum absolute atomic E-state index is 0.272. The molecular formula is C10H21N3. The van der Waals surface area contributed by atoms with E-state index >= 15 is 0 Å². The fourth-order valence-corrected chi connectivity index (χ4v) is 2.11. The molecule has 3 heteroatoms. The average molecular weight is 183 g/mol. The number of piperidine rings is 1. The molecule has 1 heterocycles. The van der Waals surface area contributed by atoms with Crippen molar-refractivity contribution in [2.75, 3.05) is 26.7 Å². The van der Waals surface area contributed by atoms with Gasteiger partial charge in [-0.1, -0.05) is 0 Å². The topological polar surface area (TPSA) is 41.3 Å². The molecule has 1 aliphatic carbocycles. The molecule has 1 aliphatic heterocycles. The fourth-order valence-electron chi connectivity index (χ4n) is 2.11. The van der Waals surface area contributed by atoms with Gasteiger partial charge in [0.05, 0.1) is 0 Å². The number of hydrogen-bond acceptors (Lipinski definition) is 3. The lowest BCUT2D eigenvalue weighted by molar-refractivity contribution is 0.160. The number of nitrogens with two attached hydrogens (primary N) is 1. The maximum atomic E-state index is 5.88. The second-order valence-electron chi connectivity index (χ2n) is 4.71. The van der Waals surface area contributed by atoms with Crippen LogP contribution >= 0.6 is 0 Å². The Hall–Kier alpha value is -0.120. The summed E-state index contributed by atoms with van der Waals surface area (Å²) in [4.78, 5) is 2.39. The highest BCUT2D eigenvalue weighted by molar-refractivity contribution is 4.98. The van der Waals surface area contributed by atoms with Crippen LogP contribution in [-0.4, -0.2) is 43.2 Å². The van der Waals surface area contributed by atoms with Crippen molar-refractivity contribution in [2.24, 2.45) is 5.73 Å². The first-order chi connectivity index (χ1) is 6.24. The van der Waals surface area contributed by atoms with Crippen LogP contribution in [0.2, 0.25) is 0 Å². The summed E-state index contributed by atoms with van der Waals surface area (Å²) in [6.45, 7) is 3.19. The van der Waals surface area contributed by atoms with E-state index in [-0.39, 0.29) is 5.54 Å². The van der Waals surface area contributed by atoms with Crippen LogP contribution in [0.15, 0.2) is 0 Å². The fraction of sp³-hybridized carbons (Fsp3) is 1.00. The molecule has 13 heavy (non-hydrogen) atoms. The van der Waals surface area contributed by atoms with Gasteiger partial charge in [-0.2, -0.15) is 0 Å². The Kier molecular flexibility index (Phi) is 2.58. The monoisotopic (exact) mass is 183 g/mol. The molecule has 0 aromatic rings. The molecule has 0 bridgehead atoms. The van der Waals surface area contributed by atoms with Crippen molar-refractivity contribution in [1.82, 2.24) is 10.2 Å². The SMILES string of the molecule is CN1CCC(CN)(NC2CC2)CC1. The molecule has 1 saturated heterocycles. The summed E-state index contributed by atoms with van der Waals surface area (Å²) in [6, 6.07) is 0.784. The molecule has 0 aromatic carbocycles. The van der Waals surface area contributed by atoms with Gasteiger partial charge in [0.2, 0.25) is 0 Å². The molecule has 0 unspecified atom stereocenters. The van der Waals surface area contributed by atoms with Crippen LogP contribution in [0.5, 0.6) is 0 Å². The van der Waals surface area contributed by atoms with Crippen LogP contribution in [0.1, 0.15) is 25.7 Å². The van der Waals surface area contributed by atoms with Gasteiger partial charge in [0.1, 0.15) is 0 Å². The molecular weight excluding hydrogens is 162 g/mol. The summed E-state index contributed by atoms with van der Waals surface area (Å²) in [5.74, 6) is 0. The third-order valence-electron chi connectivity index (χ3n) is 3.42. The van der Waals surface area contributed by atoms with E-state index in [0.717, 1.165) is 12.6 Å². The number of hydrogen-bond donors (Lipinski definition) is 2. The van der Waals surface area contributed by atoms with Gasteiger partial charge in [-0.3, -0.25) is 0 Å². The zero-order chi connectivity index (χ0) is 9.31. The second kappa shape index (κ2) is 3.56. The summed E-state index contributed by atoms with van der Waals surface area (Å²) in [6.07, 6.45) is 5.15. The molecule has 1 saturated carbocycles. The van der Waals surface area contributed by atoms with Gasteiger partial charge in [0.25, 0.3) is 0 Å². The molecule has 2 fully saturated rings. The molecule has 3 nitrogen and oxygen atoms in total. The van der Waals surface area contributed by atoms with Gasteiger partial charge in [-0.05, 0) is 45.8 Å². The number of rotatable bonds is 3. The second-order valence-corrected chi connectivity index (χ2v) is 4.71. The van der Waals surface area contributed by atoms with E-state index in [1.165, 1.54) is 38.8 Å². The van der Waals surface area contributed by atoms with Gasteiger partial charge < -0.3 is 16.0 Å². The Morgan fingerprint density at radius 3 is 2.46 bits per heavy atom. The number of likely N-dealkylation sites (tertiary alicyclic amines) is 1. The minimum atomic E-state index is 0.272. The van der Waals surface area contributed by atoms with Crippen molar-refractivity contribution in [1.29, 1.82) is 0 Å². The van der Waals surface area contributed by atoms with Crippen LogP contribution in [-0.2, 0) is 0 Å². The van der Waals surface area contributed by atoms with Gasteiger partial charge in [0, 0.05) is 18.1 Å². The minimum Gasteiger partial charge on any atom is -0.329 e. The maximum absolute atomic E-state index is 5.88. The Morgan fingerprint density at radius 2 is 2.00 bits per heavy atom. The van der Waals surface area contributed by atoms with Crippen LogP contribution in [0.25, 0.3) is 0 Å². The first-order valence-electron chi connectivity index (χ1n) is 5.40. The summed E-state index contributed by atoms with van der Waals surface area (Å²) < 4.78 is 0. The normalized spacial score (nSPS) is 29.1. The van der Waals surface area contributed by atoms with Crippen LogP contribution in [0.4, 0.5) is 0 Å². The number of nitrogens with zero attached hydrogens (tertiary/aromatic N) is 1. The van der Waals surface area contributed by atoms with E-state index in [1.807, 2.05) is 0 Å². The molecule has 2 aliphatic rings. The molecule has 0 radical (unpaired) electrons. The van der Waals surface area contributed by atoms with E-state index in [2.05, 4.69) is 17.3 Å². The molecule has 0 aromatic heterocycles. The number of nitrogens with one attached hydrogen (secondary N) is 1. The lowest BCUT2D eigenvalue weighted by atomic mass is 9.87.